The summed E-state index contributed by atoms with van der Waals surface area (Å²) in [5.41, 5.74) is -0.406. The Balaban J connectivity index is 2.29. The second-order valence-corrected chi connectivity index (χ2v) is 5.47. The lowest BCUT2D eigenvalue weighted by Gasteiger charge is -2.22. The number of aliphatic hydroxyl groups is 1. The Morgan fingerprint density at radius 2 is 2.12 bits per heavy atom. The standard InChI is InChI=1S/C13H12ClFOS/c1-13(16,11-6-3-7-17-11)8-9-4-2-5-10(15)12(9)14/h2-7,16H,8H2,1H3. The van der Waals surface area contributed by atoms with E-state index in [0.717, 1.165) is 4.88 Å². The predicted octanol–water partition coefficient (Wildman–Crippen LogP) is 3.99. The summed E-state index contributed by atoms with van der Waals surface area (Å²) in [7, 11) is 0. The first-order chi connectivity index (χ1) is 8.00. The summed E-state index contributed by atoms with van der Waals surface area (Å²) in [6.07, 6.45) is 0.296. The lowest BCUT2D eigenvalue weighted by Crippen LogP contribution is -2.23. The molecule has 0 spiro atoms. The number of rotatable bonds is 3. The third-order valence-corrected chi connectivity index (χ3v) is 4.16. The highest BCUT2D eigenvalue weighted by Gasteiger charge is 2.26. The topological polar surface area (TPSA) is 20.2 Å². The molecule has 0 amide bonds. The van der Waals surface area contributed by atoms with Gasteiger partial charge in [0, 0.05) is 11.3 Å². The summed E-state index contributed by atoms with van der Waals surface area (Å²) in [6.45, 7) is 1.71. The molecule has 2 rings (SSSR count). The zero-order valence-electron chi connectivity index (χ0n) is 9.28. The van der Waals surface area contributed by atoms with Crippen molar-refractivity contribution >= 4 is 22.9 Å². The van der Waals surface area contributed by atoms with E-state index in [-0.39, 0.29) is 5.02 Å². The van der Waals surface area contributed by atoms with Gasteiger partial charge in [-0.1, -0.05) is 29.8 Å². The summed E-state index contributed by atoms with van der Waals surface area (Å²) in [4.78, 5) is 0.845. The Morgan fingerprint density at radius 1 is 1.35 bits per heavy atom. The smallest absolute Gasteiger partial charge is 0.142 e. The Kier molecular flexibility index (Phi) is 3.52. The predicted molar refractivity (Wildman–Crippen MR) is 69.0 cm³/mol. The molecule has 1 aromatic heterocycles. The summed E-state index contributed by atoms with van der Waals surface area (Å²) >= 11 is 7.35. The lowest BCUT2D eigenvalue weighted by atomic mass is 9.95. The average molecular weight is 271 g/mol. The molecule has 0 aliphatic rings. The maximum absolute atomic E-state index is 13.3. The molecule has 0 saturated carbocycles. The van der Waals surface area contributed by atoms with Gasteiger partial charge in [0.05, 0.1) is 10.6 Å². The molecule has 0 saturated heterocycles. The molecular formula is C13H12ClFOS. The fraction of sp³-hybridized carbons (Fsp3) is 0.231. The first-order valence-corrected chi connectivity index (χ1v) is 6.46. The van der Waals surface area contributed by atoms with Gasteiger partial charge in [0.25, 0.3) is 0 Å². The molecule has 0 fully saturated rings. The van der Waals surface area contributed by atoms with Crippen LogP contribution in [-0.4, -0.2) is 5.11 Å². The van der Waals surface area contributed by atoms with Crippen LogP contribution in [-0.2, 0) is 12.0 Å². The maximum atomic E-state index is 13.3. The number of hydrogen-bond acceptors (Lipinski definition) is 2. The van der Waals surface area contributed by atoms with Crippen molar-refractivity contribution in [3.63, 3.8) is 0 Å². The van der Waals surface area contributed by atoms with Crippen LogP contribution in [0.15, 0.2) is 35.7 Å². The lowest BCUT2D eigenvalue weighted by molar-refractivity contribution is 0.0614. The third-order valence-electron chi connectivity index (χ3n) is 2.62. The van der Waals surface area contributed by atoms with E-state index in [2.05, 4.69) is 0 Å². The summed E-state index contributed by atoms with van der Waals surface area (Å²) in [5.74, 6) is -0.453. The molecule has 2 aromatic rings. The van der Waals surface area contributed by atoms with E-state index in [9.17, 15) is 9.50 Å². The largest absolute Gasteiger partial charge is 0.384 e. The van der Waals surface area contributed by atoms with Crippen molar-refractivity contribution in [1.29, 1.82) is 0 Å². The summed E-state index contributed by atoms with van der Waals surface area (Å²) in [6, 6.07) is 8.37. The molecule has 0 aliphatic carbocycles. The van der Waals surface area contributed by atoms with Crippen molar-refractivity contribution in [1.82, 2.24) is 0 Å². The van der Waals surface area contributed by atoms with Gasteiger partial charge in [0.2, 0.25) is 0 Å². The van der Waals surface area contributed by atoms with Crippen molar-refractivity contribution in [2.45, 2.75) is 18.9 Å². The van der Waals surface area contributed by atoms with Gasteiger partial charge >= 0.3 is 0 Å². The van der Waals surface area contributed by atoms with E-state index in [1.54, 1.807) is 19.1 Å². The molecule has 1 nitrogen and oxygen atoms in total. The van der Waals surface area contributed by atoms with Crippen LogP contribution in [0.5, 0.6) is 0 Å². The monoisotopic (exact) mass is 270 g/mol. The van der Waals surface area contributed by atoms with E-state index in [4.69, 9.17) is 11.6 Å². The molecule has 17 heavy (non-hydrogen) atoms. The maximum Gasteiger partial charge on any atom is 0.142 e. The van der Waals surface area contributed by atoms with Gasteiger partial charge in [-0.25, -0.2) is 4.39 Å². The molecule has 1 aromatic carbocycles. The first kappa shape index (κ1) is 12.6. The van der Waals surface area contributed by atoms with E-state index >= 15 is 0 Å². The van der Waals surface area contributed by atoms with Crippen LogP contribution in [0.1, 0.15) is 17.4 Å². The van der Waals surface area contributed by atoms with Crippen LogP contribution < -0.4 is 0 Å². The second-order valence-electron chi connectivity index (χ2n) is 4.14. The summed E-state index contributed by atoms with van der Waals surface area (Å²) in [5, 5.41) is 12.4. The molecular weight excluding hydrogens is 259 g/mol. The van der Waals surface area contributed by atoms with Crippen molar-refractivity contribution < 1.29 is 9.50 Å². The van der Waals surface area contributed by atoms with Gasteiger partial charge in [-0.3, -0.25) is 0 Å². The van der Waals surface area contributed by atoms with Crippen LogP contribution in [0.25, 0.3) is 0 Å². The molecule has 1 unspecified atom stereocenters. The van der Waals surface area contributed by atoms with E-state index in [1.165, 1.54) is 17.4 Å². The van der Waals surface area contributed by atoms with Crippen LogP contribution in [0, 0.1) is 5.82 Å². The van der Waals surface area contributed by atoms with Gasteiger partial charge in [0.15, 0.2) is 0 Å². The minimum Gasteiger partial charge on any atom is -0.384 e. The van der Waals surface area contributed by atoms with Crippen LogP contribution >= 0.6 is 22.9 Å². The number of thiophene rings is 1. The van der Waals surface area contributed by atoms with Crippen molar-refractivity contribution in [2.75, 3.05) is 0 Å². The highest BCUT2D eigenvalue weighted by atomic mass is 35.5. The van der Waals surface area contributed by atoms with Crippen LogP contribution in [0.4, 0.5) is 4.39 Å². The molecule has 4 heteroatoms. The average Bonchev–Trinajstić information content (AvgIpc) is 2.78. The third kappa shape index (κ3) is 2.68. The minimum atomic E-state index is -1.02. The van der Waals surface area contributed by atoms with E-state index in [0.29, 0.717) is 12.0 Å². The molecule has 0 aliphatic heterocycles. The second kappa shape index (κ2) is 4.77. The van der Waals surface area contributed by atoms with Crippen LogP contribution in [0.3, 0.4) is 0 Å². The number of benzene rings is 1. The normalized spacial score (nSPS) is 14.6. The van der Waals surface area contributed by atoms with Gasteiger partial charge in [-0.2, -0.15) is 0 Å². The van der Waals surface area contributed by atoms with Crippen molar-refractivity contribution in [2.24, 2.45) is 0 Å². The van der Waals surface area contributed by atoms with E-state index in [1.807, 2.05) is 17.5 Å². The molecule has 1 atom stereocenters. The zero-order chi connectivity index (χ0) is 12.5. The fourth-order valence-corrected chi connectivity index (χ4v) is 2.71. The Bertz CT molecular complexity index is 508. The van der Waals surface area contributed by atoms with Crippen molar-refractivity contribution in [3.05, 3.63) is 57.0 Å². The van der Waals surface area contributed by atoms with Gasteiger partial charge in [-0.15, -0.1) is 11.3 Å². The quantitative estimate of drug-likeness (QED) is 0.894. The molecule has 1 heterocycles. The van der Waals surface area contributed by atoms with Gasteiger partial charge in [-0.05, 0) is 30.0 Å². The Morgan fingerprint density at radius 3 is 2.76 bits per heavy atom. The van der Waals surface area contributed by atoms with Gasteiger partial charge < -0.3 is 5.11 Å². The van der Waals surface area contributed by atoms with Gasteiger partial charge in [0.1, 0.15) is 5.82 Å². The molecule has 0 bridgehead atoms. The Labute approximate surface area is 108 Å². The SMILES string of the molecule is CC(O)(Cc1cccc(F)c1Cl)c1cccs1. The van der Waals surface area contributed by atoms with E-state index < -0.39 is 11.4 Å². The summed E-state index contributed by atoms with van der Waals surface area (Å²) < 4.78 is 13.3. The Hall–Kier alpha value is -0.900. The fourth-order valence-electron chi connectivity index (χ4n) is 1.73. The van der Waals surface area contributed by atoms with Crippen LogP contribution in [0.2, 0.25) is 5.02 Å². The number of halogens is 2. The first-order valence-electron chi connectivity index (χ1n) is 5.20. The van der Waals surface area contributed by atoms with Crippen molar-refractivity contribution in [3.8, 4) is 0 Å². The molecule has 1 N–H and O–H groups in total. The number of hydrogen-bond donors (Lipinski definition) is 1. The molecule has 90 valence electrons. The zero-order valence-corrected chi connectivity index (χ0v) is 10.9. The highest BCUT2D eigenvalue weighted by molar-refractivity contribution is 7.10. The molecule has 0 radical (unpaired) electrons. The highest BCUT2D eigenvalue weighted by Crippen LogP contribution is 2.31. The minimum absolute atomic E-state index is 0.0873.